The number of carbonyl (C=O) groups is 1. The van der Waals surface area contributed by atoms with Crippen LogP contribution in [0.3, 0.4) is 0 Å². The SMILES string of the molecule is C=C(/C=C(F)\C=C\F)C[C@H](NC(=O)Cn1nc(C(F)F)c(C2CC2)c1C(F)F)c1ncncc1-c1cnc2[nH]ncc2c1. The third kappa shape index (κ3) is 6.65. The second kappa shape index (κ2) is 12.6. The Morgan fingerprint density at radius 3 is 2.63 bits per heavy atom. The lowest BCUT2D eigenvalue weighted by molar-refractivity contribution is -0.122. The minimum Gasteiger partial charge on any atom is -0.346 e. The number of halogens is 6. The number of nitrogens with one attached hydrogen (secondary N) is 2. The molecular weight excluding hydrogens is 578 g/mol. The largest absolute Gasteiger partial charge is 0.346 e. The van der Waals surface area contributed by atoms with Gasteiger partial charge in [0.2, 0.25) is 5.91 Å². The highest BCUT2D eigenvalue weighted by molar-refractivity contribution is 5.81. The number of pyridine rings is 1. The molecule has 4 aromatic rings. The minimum absolute atomic E-state index is 0.00808. The summed E-state index contributed by atoms with van der Waals surface area (Å²) in [5.74, 6) is -2.27. The van der Waals surface area contributed by atoms with Crippen molar-refractivity contribution in [3.63, 3.8) is 0 Å². The van der Waals surface area contributed by atoms with Crippen molar-refractivity contribution in [1.29, 1.82) is 0 Å². The van der Waals surface area contributed by atoms with Crippen LogP contribution in [0.2, 0.25) is 0 Å². The number of nitrogens with zero attached hydrogens (tertiary/aromatic N) is 6. The molecule has 9 nitrogen and oxygen atoms in total. The van der Waals surface area contributed by atoms with Crippen molar-refractivity contribution in [3.8, 4) is 11.1 Å². The Hall–Kier alpha value is -4.82. The second-order valence-corrected chi connectivity index (χ2v) is 9.88. The van der Waals surface area contributed by atoms with Gasteiger partial charge in [0.05, 0.1) is 24.3 Å². The molecule has 1 aliphatic rings. The lowest BCUT2D eigenvalue weighted by atomic mass is 9.97. The van der Waals surface area contributed by atoms with E-state index in [1.807, 2.05) is 0 Å². The molecule has 0 aliphatic heterocycles. The van der Waals surface area contributed by atoms with Crippen LogP contribution >= 0.6 is 0 Å². The Bertz CT molecular complexity index is 1710. The summed E-state index contributed by atoms with van der Waals surface area (Å²) in [5.41, 5.74) is 0.139. The average molecular weight is 603 g/mol. The summed E-state index contributed by atoms with van der Waals surface area (Å²) in [7, 11) is 0. The first kappa shape index (κ1) is 29.7. The summed E-state index contributed by atoms with van der Waals surface area (Å²) >= 11 is 0. The maximum absolute atomic E-state index is 14.1. The molecule has 0 aromatic carbocycles. The van der Waals surface area contributed by atoms with E-state index >= 15 is 0 Å². The van der Waals surface area contributed by atoms with Gasteiger partial charge in [0.15, 0.2) is 5.65 Å². The van der Waals surface area contributed by atoms with Crippen molar-refractivity contribution in [3.05, 3.63) is 90.1 Å². The van der Waals surface area contributed by atoms with Crippen LogP contribution < -0.4 is 5.32 Å². The number of hydrogen-bond acceptors (Lipinski definition) is 6. The van der Waals surface area contributed by atoms with Crippen LogP contribution in [0.5, 0.6) is 0 Å². The van der Waals surface area contributed by atoms with Gasteiger partial charge in [-0.1, -0.05) is 6.58 Å². The first-order valence-electron chi connectivity index (χ1n) is 13.0. The Kier molecular flexibility index (Phi) is 8.68. The van der Waals surface area contributed by atoms with Gasteiger partial charge in [0.1, 0.15) is 30.1 Å². The summed E-state index contributed by atoms with van der Waals surface area (Å²) in [6, 6.07) is 0.705. The second-order valence-electron chi connectivity index (χ2n) is 9.88. The molecule has 1 atom stereocenters. The first-order chi connectivity index (χ1) is 20.7. The van der Waals surface area contributed by atoms with Crippen molar-refractivity contribution in [2.75, 3.05) is 0 Å². The molecule has 2 N–H and O–H groups in total. The molecule has 1 aliphatic carbocycles. The van der Waals surface area contributed by atoms with E-state index in [1.54, 1.807) is 12.3 Å². The number of H-pyrrole nitrogens is 1. The molecule has 1 amide bonds. The molecule has 1 fully saturated rings. The summed E-state index contributed by atoms with van der Waals surface area (Å²) in [6.45, 7) is 2.98. The monoisotopic (exact) mass is 602 g/mol. The predicted molar refractivity (Wildman–Crippen MR) is 143 cm³/mol. The van der Waals surface area contributed by atoms with E-state index in [2.05, 4.69) is 42.1 Å². The number of hydrogen-bond donors (Lipinski definition) is 2. The third-order valence-electron chi connectivity index (χ3n) is 6.79. The number of alkyl halides is 4. The fraction of sp³-hybridized carbons (Fsp3) is 0.286. The summed E-state index contributed by atoms with van der Waals surface area (Å²) in [4.78, 5) is 26.0. The maximum Gasteiger partial charge on any atom is 0.282 e. The van der Waals surface area contributed by atoms with Crippen molar-refractivity contribution >= 4 is 16.9 Å². The third-order valence-corrected chi connectivity index (χ3v) is 6.79. The highest BCUT2D eigenvalue weighted by Crippen LogP contribution is 2.47. The summed E-state index contributed by atoms with van der Waals surface area (Å²) in [5, 5.41) is 13.7. The number of allylic oxidation sites excluding steroid dienone is 3. The molecule has 0 saturated heterocycles. The van der Waals surface area contributed by atoms with Gasteiger partial charge in [-0.25, -0.2) is 41.3 Å². The number of aromatic nitrogens is 7. The lowest BCUT2D eigenvalue weighted by Gasteiger charge is -2.21. The Labute approximate surface area is 240 Å². The van der Waals surface area contributed by atoms with Gasteiger partial charge in [0.25, 0.3) is 12.9 Å². The van der Waals surface area contributed by atoms with E-state index < -0.39 is 54.5 Å². The quantitative estimate of drug-likeness (QED) is 0.141. The molecular formula is C28H24F6N8O. The fourth-order valence-electron chi connectivity index (χ4n) is 4.85. The summed E-state index contributed by atoms with van der Waals surface area (Å²) in [6.07, 6.45) is 1.83. The molecule has 0 radical (unpaired) electrons. The van der Waals surface area contributed by atoms with Crippen LogP contribution in [0.4, 0.5) is 26.3 Å². The van der Waals surface area contributed by atoms with Crippen LogP contribution in [0, 0.1) is 0 Å². The molecule has 0 spiro atoms. The van der Waals surface area contributed by atoms with Gasteiger partial charge in [-0.3, -0.25) is 14.6 Å². The zero-order valence-electron chi connectivity index (χ0n) is 22.3. The van der Waals surface area contributed by atoms with Gasteiger partial charge < -0.3 is 5.32 Å². The zero-order valence-corrected chi connectivity index (χ0v) is 22.3. The number of rotatable bonds is 12. The standard InChI is InChI=1S/C28H24F6N8O/c1-14(6-18(30)4-5-29)7-20(23-19(11-35-13-37-23)16-8-17-10-38-40-28(17)36-9-16)39-21(43)12-42-25(27(33)34)22(15-2-3-15)24(41-42)26(31)32/h4-6,8-11,13,15,20,26-27H,1-3,7,12H2,(H,39,43)(H,36,38,40)/b5-4+,18-6+/t20-/m0/s1. The molecule has 4 aromatic heterocycles. The number of fused-ring (bicyclic) bond motifs is 1. The van der Waals surface area contributed by atoms with Gasteiger partial charge in [-0.2, -0.15) is 10.2 Å². The molecule has 0 unspecified atom stereocenters. The van der Waals surface area contributed by atoms with Gasteiger partial charge in [-0.15, -0.1) is 0 Å². The number of carbonyl (C=O) groups excluding carboxylic acids is 1. The minimum atomic E-state index is -3.14. The molecule has 4 heterocycles. The van der Waals surface area contributed by atoms with Crippen molar-refractivity contribution in [2.24, 2.45) is 0 Å². The number of amides is 1. The van der Waals surface area contributed by atoms with Gasteiger partial charge in [-0.05, 0) is 42.9 Å². The Morgan fingerprint density at radius 2 is 1.93 bits per heavy atom. The van der Waals surface area contributed by atoms with E-state index in [0.717, 1.165) is 6.08 Å². The van der Waals surface area contributed by atoms with E-state index in [0.29, 0.717) is 45.8 Å². The Balaban J connectivity index is 1.49. The first-order valence-corrected chi connectivity index (χ1v) is 13.0. The van der Waals surface area contributed by atoms with Gasteiger partial charge >= 0.3 is 0 Å². The molecule has 1 saturated carbocycles. The molecule has 15 heteroatoms. The predicted octanol–water partition coefficient (Wildman–Crippen LogP) is 6.50. The van der Waals surface area contributed by atoms with Crippen molar-refractivity contribution < 1.29 is 31.1 Å². The topological polar surface area (TPSA) is 114 Å². The summed E-state index contributed by atoms with van der Waals surface area (Å²) < 4.78 is 82.6. The van der Waals surface area contributed by atoms with Crippen LogP contribution in [0.15, 0.2) is 67.4 Å². The Morgan fingerprint density at radius 1 is 1.14 bits per heavy atom. The molecule has 0 bridgehead atoms. The van der Waals surface area contributed by atoms with Crippen LogP contribution in [0.1, 0.15) is 66.7 Å². The lowest BCUT2D eigenvalue weighted by Crippen LogP contribution is -2.33. The van der Waals surface area contributed by atoms with E-state index in [1.165, 1.54) is 18.7 Å². The van der Waals surface area contributed by atoms with Crippen molar-refractivity contribution in [2.45, 2.75) is 50.6 Å². The smallest absolute Gasteiger partial charge is 0.282 e. The highest BCUT2D eigenvalue weighted by atomic mass is 19.3. The average Bonchev–Trinajstić information content (AvgIpc) is 3.56. The van der Waals surface area contributed by atoms with Crippen LogP contribution in [-0.4, -0.2) is 40.8 Å². The van der Waals surface area contributed by atoms with Crippen molar-refractivity contribution in [1.82, 2.24) is 40.2 Å². The maximum atomic E-state index is 14.1. The fourth-order valence-corrected chi connectivity index (χ4v) is 4.85. The molecule has 43 heavy (non-hydrogen) atoms. The van der Waals surface area contributed by atoms with E-state index in [9.17, 15) is 31.1 Å². The van der Waals surface area contributed by atoms with Gasteiger partial charge in [0, 0.05) is 40.5 Å². The highest BCUT2D eigenvalue weighted by Gasteiger charge is 2.38. The molecule has 224 valence electrons. The normalized spacial score (nSPS) is 14.7. The molecule has 5 rings (SSSR count). The zero-order chi connectivity index (χ0) is 30.7. The number of aromatic amines is 1. The van der Waals surface area contributed by atoms with Crippen LogP contribution in [0.25, 0.3) is 22.2 Å². The van der Waals surface area contributed by atoms with Crippen LogP contribution in [-0.2, 0) is 11.3 Å². The van der Waals surface area contributed by atoms with E-state index in [4.69, 9.17) is 0 Å². The van der Waals surface area contributed by atoms with E-state index in [-0.39, 0.29) is 29.6 Å².